The largest absolute Gasteiger partial charge is 0.233 e. The Morgan fingerprint density at radius 2 is 1.90 bits per heavy atom. The van der Waals surface area contributed by atoms with Crippen LogP contribution in [-0.4, -0.2) is 9.97 Å². The number of aryl methyl sites for hydroxylation is 1. The lowest BCUT2D eigenvalue weighted by molar-refractivity contribution is 1.07. The summed E-state index contributed by atoms with van der Waals surface area (Å²) in [7, 11) is 0. The Morgan fingerprint density at radius 3 is 2.55 bits per heavy atom. The zero-order valence-electron chi connectivity index (χ0n) is 12.3. The highest BCUT2D eigenvalue weighted by Gasteiger charge is 2.06. The van der Waals surface area contributed by atoms with Gasteiger partial charge in [0.2, 0.25) is 0 Å². The van der Waals surface area contributed by atoms with Crippen molar-refractivity contribution in [2.75, 3.05) is 0 Å². The maximum Gasteiger partial charge on any atom is 0.159 e. The van der Waals surface area contributed by atoms with Crippen LogP contribution in [0, 0.1) is 6.92 Å². The van der Waals surface area contributed by atoms with Crippen LogP contribution in [-0.2, 0) is 0 Å². The molecule has 0 saturated heterocycles. The van der Waals surface area contributed by atoms with Crippen molar-refractivity contribution >= 4 is 5.57 Å². The van der Waals surface area contributed by atoms with Crippen molar-refractivity contribution in [2.24, 2.45) is 0 Å². The number of benzene rings is 1. The quantitative estimate of drug-likeness (QED) is 0.740. The number of nitrogens with zero attached hydrogens (tertiary/aromatic N) is 2. The Balaban J connectivity index is 2.51. The van der Waals surface area contributed by atoms with E-state index in [9.17, 15) is 0 Å². The van der Waals surface area contributed by atoms with E-state index in [-0.39, 0.29) is 0 Å². The predicted molar refractivity (Wildman–Crippen MR) is 85.3 cm³/mol. The van der Waals surface area contributed by atoms with Crippen molar-refractivity contribution in [1.82, 2.24) is 9.97 Å². The van der Waals surface area contributed by atoms with Gasteiger partial charge in [-0.3, -0.25) is 0 Å². The number of rotatable bonds is 4. The van der Waals surface area contributed by atoms with Crippen molar-refractivity contribution in [3.05, 3.63) is 66.1 Å². The van der Waals surface area contributed by atoms with Crippen molar-refractivity contribution in [3.63, 3.8) is 0 Å². The van der Waals surface area contributed by atoms with Gasteiger partial charge in [-0.25, -0.2) is 9.97 Å². The fourth-order valence-electron chi connectivity index (χ4n) is 2.09. The van der Waals surface area contributed by atoms with Gasteiger partial charge < -0.3 is 0 Å². The topological polar surface area (TPSA) is 25.8 Å². The highest BCUT2D eigenvalue weighted by molar-refractivity contribution is 5.71. The predicted octanol–water partition coefficient (Wildman–Crippen LogP) is 4.82. The first kappa shape index (κ1) is 14.2. The van der Waals surface area contributed by atoms with E-state index in [0.717, 1.165) is 34.8 Å². The summed E-state index contributed by atoms with van der Waals surface area (Å²) in [4.78, 5) is 9.28. The molecule has 0 saturated carbocycles. The molecule has 0 fully saturated rings. The minimum atomic E-state index is 0.795. The number of allylic oxidation sites excluding steroid dienone is 4. The monoisotopic (exact) mass is 264 g/mol. The minimum absolute atomic E-state index is 0.795. The Bertz CT molecular complexity index is 625. The van der Waals surface area contributed by atoms with Crippen LogP contribution in [0.2, 0.25) is 0 Å². The average molecular weight is 264 g/mol. The lowest BCUT2D eigenvalue weighted by Crippen LogP contribution is -1.98. The van der Waals surface area contributed by atoms with E-state index in [1.807, 2.05) is 44.2 Å². The summed E-state index contributed by atoms with van der Waals surface area (Å²) in [5.41, 5.74) is 4.16. The molecule has 0 amide bonds. The molecule has 0 radical (unpaired) electrons. The first-order chi connectivity index (χ1) is 9.74. The first-order valence-electron chi connectivity index (χ1n) is 6.99. The fourth-order valence-corrected chi connectivity index (χ4v) is 2.09. The lowest BCUT2D eigenvalue weighted by Gasteiger charge is -2.07. The standard InChI is InChI=1S/C18H20N2/c1-4-9-16(10-5-2)18-19-14(3)13-17(20-18)15-11-7-6-8-12-15/h4,6-13H,5H2,1-3H3/b9-4-,16-10+. The summed E-state index contributed by atoms with van der Waals surface area (Å²) in [5.74, 6) is 0.795. The maximum absolute atomic E-state index is 4.71. The SMILES string of the molecule is C/C=C\C(=C/CC)c1nc(C)cc(-c2ccccc2)n1. The molecule has 0 unspecified atom stereocenters. The van der Waals surface area contributed by atoms with Crippen LogP contribution < -0.4 is 0 Å². The highest BCUT2D eigenvalue weighted by Crippen LogP contribution is 2.21. The highest BCUT2D eigenvalue weighted by atomic mass is 14.9. The van der Waals surface area contributed by atoms with Crippen molar-refractivity contribution in [3.8, 4) is 11.3 Å². The third-order valence-corrected chi connectivity index (χ3v) is 2.95. The van der Waals surface area contributed by atoms with Crippen molar-refractivity contribution in [1.29, 1.82) is 0 Å². The van der Waals surface area contributed by atoms with Crippen LogP contribution >= 0.6 is 0 Å². The van der Waals surface area contributed by atoms with Gasteiger partial charge in [-0.2, -0.15) is 0 Å². The van der Waals surface area contributed by atoms with E-state index < -0.39 is 0 Å². The molecule has 1 heterocycles. The zero-order chi connectivity index (χ0) is 14.4. The zero-order valence-corrected chi connectivity index (χ0v) is 12.3. The third-order valence-electron chi connectivity index (χ3n) is 2.95. The second kappa shape index (κ2) is 6.80. The molecule has 2 nitrogen and oxygen atoms in total. The average Bonchev–Trinajstić information content (AvgIpc) is 2.47. The van der Waals surface area contributed by atoms with Crippen LogP contribution in [0.1, 0.15) is 31.8 Å². The molecule has 0 spiro atoms. The van der Waals surface area contributed by atoms with E-state index in [1.54, 1.807) is 0 Å². The van der Waals surface area contributed by atoms with E-state index in [2.05, 4.69) is 36.2 Å². The van der Waals surface area contributed by atoms with Gasteiger partial charge in [-0.1, -0.05) is 55.5 Å². The molecule has 20 heavy (non-hydrogen) atoms. The van der Waals surface area contributed by atoms with Gasteiger partial charge in [0, 0.05) is 16.8 Å². The van der Waals surface area contributed by atoms with Crippen LogP contribution in [0.25, 0.3) is 16.8 Å². The second-order valence-corrected chi connectivity index (χ2v) is 4.65. The molecule has 0 atom stereocenters. The van der Waals surface area contributed by atoms with Crippen LogP contribution in [0.4, 0.5) is 0 Å². The molecule has 1 aromatic carbocycles. The van der Waals surface area contributed by atoms with Crippen LogP contribution in [0.3, 0.4) is 0 Å². The van der Waals surface area contributed by atoms with Gasteiger partial charge in [0.1, 0.15) is 0 Å². The Kier molecular flexibility index (Phi) is 4.83. The smallest absolute Gasteiger partial charge is 0.159 e. The Morgan fingerprint density at radius 1 is 1.15 bits per heavy atom. The van der Waals surface area contributed by atoms with Crippen molar-refractivity contribution < 1.29 is 0 Å². The molecule has 2 aromatic rings. The summed E-state index contributed by atoms with van der Waals surface area (Å²) < 4.78 is 0. The Labute approximate surface area is 120 Å². The molecule has 1 aromatic heterocycles. The summed E-state index contributed by atoms with van der Waals surface area (Å²) in [5, 5.41) is 0. The van der Waals surface area contributed by atoms with Gasteiger partial charge in [-0.05, 0) is 26.3 Å². The fraction of sp³-hybridized carbons (Fsp3) is 0.222. The molecular weight excluding hydrogens is 244 g/mol. The molecule has 2 heteroatoms. The molecule has 0 bridgehead atoms. The van der Waals surface area contributed by atoms with Gasteiger partial charge in [0.15, 0.2) is 5.82 Å². The molecule has 2 rings (SSSR count). The summed E-state index contributed by atoms with van der Waals surface area (Å²) in [6.07, 6.45) is 7.21. The summed E-state index contributed by atoms with van der Waals surface area (Å²) in [6, 6.07) is 12.2. The molecule has 0 aliphatic carbocycles. The normalized spacial score (nSPS) is 12.1. The molecular formula is C18H20N2. The minimum Gasteiger partial charge on any atom is -0.233 e. The van der Waals surface area contributed by atoms with E-state index in [4.69, 9.17) is 4.98 Å². The molecule has 0 N–H and O–H groups in total. The van der Waals surface area contributed by atoms with Gasteiger partial charge in [-0.15, -0.1) is 0 Å². The summed E-state index contributed by atoms with van der Waals surface area (Å²) >= 11 is 0. The van der Waals surface area contributed by atoms with E-state index in [1.165, 1.54) is 0 Å². The van der Waals surface area contributed by atoms with Gasteiger partial charge in [0.05, 0.1) is 5.69 Å². The van der Waals surface area contributed by atoms with Crippen molar-refractivity contribution in [2.45, 2.75) is 27.2 Å². The summed E-state index contributed by atoms with van der Waals surface area (Å²) in [6.45, 7) is 6.14. The van der Waals surface area contributed by atoms with Crippen LogP contribution in [0.5, 0.6) is 0 Å². The Hall–Kier alpha value is -2.22. The molecule has 0 aliphatic rings. The molecule has 102 valence electrons. The maximum atomic E-state index is 4.71. The molecule has 0 aliphatic heterocycles. The third kappa shape index (κ3) is 3.41. The van der Waals surface area contributed by atoms with Gasteiger partial charge >= 0.3 is 0 Å². The van der Waals surface area contributed by atoms with Crippen LogP contribution in [0.15, 0.2) is 54.6 Å². The second-order valence-electron chi connectivity index (χ2n) is 4.65. The number of aromatic nitrogens is 2. The van der Waals surface area contributed by atoms with E-state index >= 15 is 0 Å². The van der Waals surface area contributed by atoms with Gasteiger partial charge in [0.25, 0.3) is 0 Å². The van der Waals surface area contributed by atoms with E-state index in [0.29, 0.717) is 0 Å². The lowest BCUT2D eigenvalue weighted by atomic mass is 10.1. The number of hydrogen-bond acceptors (Lipinski definition) is 2. The number of hydrogen-bond donors (Lipinski definition) is 0. The first-order valence-corrected chi connectivity index (χ1v) is 6.99.